The fourth-order valence-electron chi connectivity index (χ4n) is 2.80. The number of hydrogen-bond acceptors (Lipinski definition) is 5. The average molecular weight is 339 g/mol. The minimum absolute atomic E-state index is 0.122. The number of amides is 1. The minimum atomic E-state index is -0.122. The fourth-order valence-corrected chi connectivity index (χ4v) is 2.80. The van der Waals surface area contributed by atoms with E-state index in [9.17, 15) is 4.79 Å². The zero-order chi connectivity index (χ0) is 17.9. The van der Waals surface area contributed by atoms with Gasteiger partial charge >= 0.3 is 0 Å². The van der Waals surface area contributed by atoms with Crippen LogP contribution in [0.4, 0.5) is 11.8 Å². The number of hydrogen-bond donors (Lipinski definition) is 1. The molecule has 1 aromatic carbocycles. The first-order valence-electron chi connectivity index (χ1n) is 8.61. The molecule has 0 radical (unpaired) electrons. The van der Waals surface area contributed by atoms with Crippen LogP contribution >= 0.6 is 0 Å². The van der Waals surface area contributed by atoms with E-state index in [1.807, 2.05) is 24.3 Å². The summed E-state index contributed by atoms with van der Waals surface area (Å²) in [6.45, 7) is 9.26. The number of anilines is 2. The van der Waals surface area contributed by atoms with Crippen LogP contribution in [0.5, 0.6) is 0 Å². The summed E-state index contributed by atoms with van der Waals surface area (Å²) in [5, 5.41) is 3.38. The Hall–Kier alpha value is -2.63. The molecule has 2 aromatic rings. The van der Waals surface area contributed by atoms with Gasteiger partial charge in [-0.05, 0) is 20.8 Å². The second kappa shape index (κ2) is 7.09. The maximum Gasteiger partial charge on any atom is 0.225 e. The molecule has 6 heteroatoms. The molecule has 1 saturated heterocycles. The van der Waals surface area contributed by atoms with Crippen LogP contribution in [0, 0.1) is 0 Å². The van der Waals surface area contributed by atoms with Crippen LogP contribution in [0.2, 0.25) is 0 Å². The number of rotatable bonds is 4. The molecule has 0 unspecified atom stereocenters. The van der Waals surface area contributed by atoms with Crippen molar-refractivity contribution in [2.75, 3.05) is 36.4 Å². The van der Waals surface area contributed by atoms with Gasteiger partial charge in [-0.2, -0.15) is 4.98 Å². The second-order valence-electron chi connectivity index (χ2n) is 7.30. The van der Waals surface area contributed by atoms with Crippen LogP contribution in [0.25, 0.3) is 11.3 Å². The Labute approximate surface area is 148 Å². The van der Waals surface area contributed by atoms with Gasteiger partial charge in [0.05, 0.1) is 5.69 Å². The van der Waals surface area contributed by atoms with E-state index in [4.69, 9.17) is 9.97 Å². The van der Waals surface area contributed by atoms with Gasteiger partial charge < -0.3 is 15.1 Å². The molecular weight excluding hydrogens is 314 g/mol. The van der Waals surface area contributed by atoms with Crippen LogP contribution in [0.3, 0.4) is 0 Å². The third-order valence-electron chi connectivity index (χ3n) is 4.06. The lowest BCUT2D eigenvalue weighted by Gasteiger charge is -2.33. The highest BCUT2D eigenvalue weighted by atomic mass is 16.1. The number of piperazine rings is 1. The smallest absolute Gasteiger partial charge is 0.225 e. The highest BCUT2D eigenvalue weighted by molar-refractivity contribution is 5.65. The predicted octanol–water partition coefficient (Wildman–Crippen LogP) is 2.63. The molecule has 6 nitrogen and oxygen atoms in total. The number of nitrogens with one attached hydrogen (secondary N) is 1. The van der Waals surface area contributed by atoms with Gasteiger partial charge in [0.15, 0.2) is 0 Å². The first-order valence-corrected chi connectivity index (χ1v) is 8.61. The topological polar surface area (TPSA) is 61.4 Å². The highest BCUT2D eigenvalue weighted by Crippen LogP contribution is 2.25. The Morgan fingerprint density at radius 1 is 1.04 bits per heavy atom. The molecule has 0 spiro atoms. The largest absolute Gasteiger partial charge is 0.353 e. The third kappa shape index (κ3) is 4.47. The van der Waals surface area contributed by atoms with E-state index in [1.165, 1.54) is 0 Å². The van der Waals surface area contributed by atoms with E-state index in [2.05, 4.69) is 43.1 Å². The van der Waals surface area contributed by atoms with Crippen molar-refractivity contribution < 1.29 is 4.79 Å². The van der Waals surface area contributed by atoms with Crippen molar-refractivity contribution in [3.05, 3.63) is 36.4 Å². The summed E-state index contributed by atoms with van der Waals surface area (Å²) in [4.78, 5) is 24.3. The molecule has 0 bridgehead atoms. The van der Waals surface area contributed by atoms with Crippen molar-refractivity contribution in [1.29, 1.82) is 0 Å². The monoisotopic (exact) mass is 339 g/mol. The zero-order valence-electron chi connectivity index (χ0n) is 15.1. The summed E-state index contributed by atoms with van der Waals surface area (Å²) < 4.78 is 0. The molecular formula is C19H25N5O. The van der Waals surface area contributed by atoms with Crippen LogP contribution in [-0.4, -0.2) is 53.0 Å². The predicted molar refractivity (Wildman–Crippen MR) is 101 cm³/mol. The Morgan fingerprint density at radius 3 is 2.32 bits per heavy atom. The lowest BCUT2D eigenvalue weighted by atomic mass is 10.1. The molecule has 25 heavy (non-hydrogen) atoms. The molecule has 1 aliphatic heterocycles. The van der Waals surface area contributed by atoms with Crippen LogP contribution in [0.15, 0.2) is 36.4 Å². The summed E-state index contributed by atoms with van der Waals surface area (Å²) >= 11 is 0. The number of nitrogens with zero attached hydrogens (tertiary/aromatic N) is 4. The van der Waals surface area contributed by atoms with Gasteiger partial charge in [0.2, 0.25) is 12.4 Å². The molecule has 0 atom stereocenters. The number of carbonyl (C=O) groups excluding carboxylic acids is 1. The van der Waals surface area contributed by atoms with E-state index in [-0.39, 0.29) is 5.54 Å². The molecule has 0 aliphatic carbocycles. The van der Waals surface area contributed by atoms with Gasteiger partial charge in [0.25, 0.3) is 0 Å². The molecule has 3 rings (SSSR count). The van der Waals surface area contributed by atoms with E-state index in [1.54, 1.807) is 4.90 Å². The first-order chi connectivity index (χ1) is 11.9. The van der Waals surface area contributed by atoms with Crippen LogP contribution in [-0.2, 0) is 4.79 Å². The molecule has 2 heterocycles. The lowest BCUT2D eigenvalue weighted by molar-refractivity contribution is -0.118. The molecule has 1 fully saturated rings. The summed E-state index contributed by atoms with van der Waals surface area (Å²) in [7, 11) is 0. The molecule has 132 valence electrons. The van der Waals surface area contributed by atoms with Gasteiger partial charge in [-0.15, -0.1) is 0 Å². The molecule has 1 N–H and O–H groups in total. The normalized spacial score (nSPS) is 15.2. The SMILES string of the molecule is CC(C)(C)Nc1nc(-c2ccccc2)cc(N2CCN(C=O)CC2)n1. The first kappa shape index (κ1) is 17.2. The lowest BCUT2D eigenvalue weighted by Crippen LogP contribution is -2.46. The van der Waals surface area contributed by atoms with Crippen molar-refractivity contribution in [1.82, 2.24) is 14.9 Å². The number of carbonyl (C=O) groups is 1. The fraction of sp³-hybridized carbons (Fsp3) is 0.421. The summed E-state index contributed by atoms with van der Waals surface area (Å²) in [6, 6.07) is 12.2. The van der Waals surface area contributed by atoms with Crippen molar-refractivity contribution in [2.24, 2.45) is 0 Å². The van der Waals surface area contributed by atoms with Gasteiger partial charge in [0, 0.05) is 43.3 Å². The van der Waals surface area contributed by atoms with E-state index in [0.29, 0.717) is 5.95 Å². The maximum atomic E-state index is 10.9. The molecule has 1 aromatic heterocycles. The third-order valence-corrected chi connectivity index (χ3v) is 4.06. The van der Waals surface area contributed by atoms with E-state index in [0.717, 1.165) is 49.7 Å². The number of benzene rings is 1. The molecule has 1 aliphatic rings. The zero-order valence-corrected chi connectivity index (χ0v) is 15.1. The van der Waals surface area contributed by atoms with Gasteiger partial charge in [-0.3, -0.25) is 4.79 Å². The highest BCUT2D eigenvalue weighted by Gasteiger charge is 2.20. The Kier molecular flexibility index (Phi) is 4.88. The van der Waals surface area contributed by atoms with E-state index < -0.39 is 0 Å². The summed E-state index contributed by atoms with van der Waals surface area (Å²) in [5.41, 5.74) is 1.84. The number of aromatic nitrogens is 2. The quantitative estimate of drug-likeness (QED) is 0.868. The van der Waals surface area contributed by atoms with Crippen molar-refractivity contribution >= 4 is 18.2 Å². The van der Waals surface area contributed by atoms with E-state index >= 15 is 0 Å². The van der Waals surface area contributed by atoms with Gasteiger partial charge in [-0.25, -0.2) is 4.98 Å². The van der Waals surface area contributed by atoms with Crippen molar-refractivity contribution in [3.8, 4) is 11.3 Å². The minimum Gasteiger partial charge on any atom is -0.353 e. The standard InChI is InChI=1S/C19H25N5O/c1-19(2,3)22-18-20-16(15-7-5-4-6-8-15)13-17(21-18)24-11-9-23(14-25)10-12-24/h4-8,13-14H,9-12H2,1-3H3,(H,20,21,22). The Balaban J connectivity index is 1.94. The van der Waals surface area contributed by atoms with Gasteiger partial charge in [0.1, 0.15) is 5.82 Å². The summed E-state index contributed by atoms with van der Waals surface area (Å²) in [5.74, 6) is 1.52. The van der Waals surface area contributed by atoms with Crippen molar-refractivity contribution in [2.45, 2.75) is 26.3 Å². The Bertz CT molecular complexity index is 718. The van der Waals surface area contributed by atoms with Crippen LogP contribution < -0.4 is 10.2 Å². The summed E-state index contributed by atoms with van der Waals surface area (Å²) in [6.07, 6.45) is 0.916. The second-order valence-corrected chi connectivity index (χ2v) is 7.30. The van der Waals surface area contributed by atoms with Crippen molar-refractivity contribution in [3.63, 3.8) is 0 Å². The molecule has 1 amide bonds. The maximum absolute atomic E-state index is 10.9. The van der Waals surface area contributed by atoms with Gasteiger partial charge in [-0.1, -0.05) is 30.3 Å². The average Bonchev–Trinajstić information content (AvgIpc) is 2.61. The van der Waals surface area contributed by atoms with Crippen LogP contribution in [0.1, 0.15) is 20.8 Å². The molecule has 0 saturated carbocycles. The Morgan fingerprint density at radius 2 is 1.72 bits per heavy atom.